The number of nitrogens with one attached hydrogen (secondary N) is 1. The van der Waals surface area contributed by atoms with E-state index >= 15 is 0 Å². The summed E-state index contributed by atoms with van der Waals surface area (Å²) in [5.74, 6) is 1.12. The lowest BCUT2D eigenvalue weighted by Crippen LogP contribution is -2.20. The van der Waals surface area contributed by atoms with Crippen molar-refractivity contribution in [3.05, 3.63) is 24.2 Å². The maximum Gasteiger partial charge on any atom is 0.0937 e. The predicted octanol–water partition coefficient (Wildman–Crippen LogP) is 0.541. The highest BCUT2D eigenvalue weighted by Crippen LogP contribution is 2.27. The van der Waals surface area contributed by atoms with Crippen molar-refractivity contribution in [1.29, 1.82) is 0 Å². The molecule has 2 rings (SSSR count). The van der Waals surface area contributed by atoms with Crippen molar-refractivity contribution >= 4 is 0 Å². The molecule has 1 saturated heterocycles. The molecule has 1 aromatic rings. The molecule has 1 aromatic heterocycles. The van der Waals surface area contributed by atoms with E-state index in [0.717, 1.165) is 19.6 Å². The van der Waals surface area contributed by atoms with Crippen LogP contribution in [0.15, 0.2) is 23.0 Å². The van der Waals surface area contributed by atoms with Crippen LogP contribution in [0.25, 0.3) is 0 Å². The molecule has 2 unspecified atom stereocenters. The normalized spacial score (nSPS) is 29.4. The van der Waals surface area contributed by atoms with Gasteiger partial charge in [-0.25, -0.2) is 0 Å². The van der Waals surface area contributed by atoms with Crippen LogP contribution in [-0.2, 0) is 0 Å². The molecule has 2 atom stereocenters. The zero-order chi connectivity index (χ0) is 8.39. The molecule has 0 amide bonds. The second-order valence-corrected chi connectivity index (χ2v) is 3.32. The van der Waals surface area contributed by atoms with E-state index in [4.69, 9.17) is 10.2 Å². The van der Waals surface area contributed by atoms with Gasteiger partial charge in [-0.15, -0.1) is 0 Å². The van der Waals surface area contributed by atoms with Crippen LogP contribution in [0.4, 0.5) is 0 Å². The van der Waals surface area contributed by atoms with E-state index in [1.165, 1.54) is 5.56 Å². The summed E-state index contributed by atoms with van der Waals surface area (Å²) in [4.78, 5) is 0. The number of hydrogen-bond donors (Lipinski definition) is 2. The fraction of sp³-hybridized carbons (Fsp3) is 0.556. The third kappa shape index (κ3) is 1.26. The zero-order valence-electron chi connectivity index (χ0n) is 6.99. The molecule has 12 heavy (non-hydrogen) atoms. The molecular weight excluding hydrogens is 152 g/mol. The summed E-state index contributed by atoms with van der Waals surface area (Å²) >= 11 is 0. The SMILES string of the molecule is NCC1CNCC1c1ccoc1. The number of rotatable bonds is 2. The van der Waals surface area contributed by atoms with Gasteiger partial charge in [0.2, 0.25) is 0 Å². The standard InChI is InChI=1S/C9H14N2O/c10-3-8-4-11-5-9(8)7-1-2-12-6-7/h1-2,6,8-9,11H,3-5,10H2. The van der Waals surface area contributed by atoms with Gasteiger partial charge in [-0.2, -0.15) is 0 Å². The average molecular weight is 166 g/mol. The third-order valence-electron chi connectivity index (χ3n) is 2.61. The quantitative estimate of drug-likeness (QED) is 0.674. The van der Waals surface area contributed by atoms with E-state index in [1.807, 2.05) is 12.3 Å². The topological polar surface area (TPSA) is 51.2 Å². The first-order valence-electron chi connectivity index (χ1n) is 4.34. The molecule has 2 heterocycles. The van der Waals surface area contributed by atoms with Gasteiger partial charge < -0.3 is 15.5 Å². The maximum absolute atomic E-state index is 5.66. The van der Waals surface area contributed by atoms with Crippen LogP contribution in [0.5, 0.6) is 0 Å². The summed E-state index contributed by atoms with van der Waals surface area (Å²) in [5.41, 5.74) is 6.93. The van der Waals surface area contributed by atoms with Crippen LogP contribution in [0.1, 0.15) is 11.5 Å². The summed E-state index contributed by atoms with van der Waals surface area (Å²) < 4.78 is 5.05. The fourth-order valence-corrected chi connectivity index (χ4v) is 1.86. The molecule has 1 fully saturated rings. The van der Waals surface area contributed by atoms with Gasteiger partial charge >= 0.3 is 0 Å². The van der Waals surface area contributed by atoms with Crippen molar-refractivity contribution in [2.75, 3.05) is 19.6 Å². The van der Waals surface area contributed by atoms with E-state index < -0.39 is 0 Å². The lowest BCUT2D eigenvalue weighted by molar-refractivity contribution is 0.516. The van der Waals surface area contributed by atoms with E-state index in [0.29, 0.717) is 11.8 Å². The second kappa shape index (κ2) is 3.29. The van der Waals surface area contributed by atoms with Crippen molar-refractivity contribution in [2.24, 2.45) is 11.7 Å². The second-order valence-electron chi connectivity index (χ2n) is 3.32. The summed E-state index contributed by atoms with van der Waals surface area (Å²) in [5, 5.41) is 3.34. The van der Waals surface area contributed by atoms with E-state index in [-0.39, 0.29) is 0 Å². The highest BCUT2D eigenvalue weighted by atomic mass is 16.3. The van der Waals surface area contributed by atoms with Gasteiger partial charge in [0.15, 0.2) is 0 Å². The first-order chi connectivity index (χ1) is 5.92. The number of furan rings is 1. The largest absolute Gasteiger partial charge is 0.472 e. The predicted molar refractivity (Wildman–Crippen MR) is 46.9 cm³/mol. The van der Waals surface area contributed by atoms with Gasteiger partial charge in [-0.3, -0.25) is 0 Å². The Morgan fingerprint density at radius 3 is 3.17 bits per heavy atom. The lowest BCUT2D eigenvalue weighted by Gasteiger charge is -2.13. The zero-order valence-corrected chi connectivity index (χ0v) is 6.99. The van der Waals surface area contributed by atoms with Crippen LogP contribution in [0.3, 0.4) is 0 Å². The Morgan fingerprint density at radius 2 is 2.50 bits per heavy atom. The van der Waals surface area contributed by atoms with Gasteiger partial charge in [0.05, 0.1) is 12.5 Å². The highest BCUT2D eigenvalue weighted by Gasteiger charge is 2.27. The first kappa shape index (κ1) is 7.83. The molecule has 1 aliphatic heterocycles. The minimum Gasteiger partial charge on any atom is -0.472 e. The van der Waals surface area contributed by atoms with Gasteiger partial charge in [0.1, 0.15) is 0 Å². The molecule has 3 nitrogen and oxygen atoms in total. The van der Waals surface area contributed by atoms with Crippen LogP contribution < -0.4 is 11.1 Å². The molecular formula is C9H14N2O. The molecule has 0 bridgehead atoms. The maximum atomic E-state index is 5.66. The van der Waals surface area contributed by atoms with Crippen molar-refractivity contribution in [3.63, 3.8) is 0 Å². The molecule has 3 N–H and O–H groups in total. The Hall–Kier alpha value is -0.800. The molecule has 66 valence electrons. The molecule has 3 heteroatoms. The Morgan fingerprint density at radius 1 is 1.58 bits per heavy atom. The van der Waals surface area contributed by atoms with Crippen LogP contribution in [0.2, 0.25) is 0 Å². The van der Waals surface area contributed by atoms with Crippen molar-refractivity contribution in [2.45, 2.75) is 5.92 Å². The minimum absolute atomic E-state index is 0.550. The summed E-state index contributed by atoms with van der Waals surface area (Å²) in [6.07, 6.45) is 3.54. The van der Waals surface area contributed by atoms with E-state index in [1.54, 1.807) is 6.26 Å². The summed E-state index contributed by atoms with van der Waals surface area (Å²) in [6, 6.07) is 2.03. The van der Waals surface area contributed by atoms with Gasteiger partial charge in [0.25, 0.3) is 0 Å². The van der Waals surface area contributed by atoms with Crippen molar-refractivity contribution in [3.8, 4) is 0 Å². The highest BCUT2D eigenvalue weighted by molar-refractivity contribution is 5.16. The number of nitrogens with two attached hydrogens (primary N) is 1. The Balaban J connectivity index is 2.13. The molecule has 1 aliphatic rings. The summed E-state index contributed by atoms with van der Waals surface area (Å²) in [6.45, 7) is 2.82. The van der Waals surface area contributed by atoms with Crippen molar-refractivity contribution in [1.82, 2.24) is 5.32 Å². The molecule has 0 spiro atoms. The molecule has 0 saturated carbocycles. The first-order valence-corrected chi connectivity index (χ1v) is 4.34. The molecule has 0 aliphatic carbocycles. The summed E-state index contributed by atoms with van der Waals surface area (Å²) in [7, 11) is 0. The smallest absolute Gasteiger partial charge is 0.0937 e. The fourth-order valence-electron chi connectivity index (χ4n) is 1.86. The van der Waals surface area contributed by atoms with E-state index in [2.05, 4.69) is 5.32 Å². The van der Waals surface area contributed by atoms with Gasteiger partial charge in [-0.05, 0) is 30.6 Å². The van der Waals surface area contributed by atoms with Gasteiger partial charge in [0, 0.05) is 12.5 Å². The molecule has 0 aromatic carbocycles. The van der Waals surface area contributed by atoms with E-state index in [9.17, 15) is 0 Å². The Bertz CT molecular complexity index is 233. The lowest BCUT2D eigenvalue weighted by atomic mass is 9.91. The minimum atomic E-state index is 0.550. The molecule has 0 radical (unpaired) electrons. The van der Waals surface area contributed by atoms with Crippen LogP contribution in [0, 0.1) is 5.92 Å². The monoisotopic (exact) mass is 166 g/mol. The van der Waals surface area contributed by atoms with Crippen molar-refractivity contribution < 1.29 is 4.42 Å². The van der Waals surface area contributed by atoms with Crippen LogP contribution in [-0.4, -0.2) is 19.6 Å². The van der Waals surface area contributed by atoms with Gasteiger partial charge in [-0.1, -0.05) is 0 Å². The third-order valence-corrected chi connectivity index (χ3v) is 2.61. The Labute approximate surface area is 71.9 Å². The van der Waals surface area contributed by atoms with Crippen LogP contribution >= 0.6 is 0 Å². The Kier molecular flexibility index (Phi) is 2.15. The average Bonchev–Trinajstić information content (AvgIpc) is 2.74. The number of hydrogen-bond acceptors (Lipinski definition) is 3.